The number of rotatable bonds is 6. The van der Waals surface area contributed by atoms with Crippen LogP contribution >= 0.6 is 0 Å². The zero-order valence-corrected chi connectivity index (χ0v) is 14.4. The van der Waals surface area contributed by atoms with Gasteiger partial charge in [-0.15, -0.1) is 0 Å². The molecule has 2 aromatic rings. The van der Waals surface area contributed by atoms with Gasteiger partial charge in [0.15, 0.2) is 6.10 Å². The first kappa shape index (κ1) is 18.4. The van der Waals surface area contributed by atoms with Crippen molar-refractivity contribution in [1.82, 2.24) is 5.43 Å². The highest BCUT2D eigenvalue weighted by Gasteiger charge is 2.19. The number of hydrogen-bond acceptors (Lipinski definition) is 4. The first-order chi connectivity index (χ1) is 12.0. The lowest BCUT2D eigenvalue weighted by atomic mass is 10.1. The van der Waals surface area contributed by atoms with E-state index < -0.39 is 6.10 Å². The topological polar surface area (TPSA) is 79.8 Å². The summed E-state index contributed by atoms with van der Waals surface area (Å²) in [5, 5.41) is 6.85. The first-order valence-corrected chi connectivity index (χ1v) is 7.81. The second-order valence-corrected chi connectivity index (χ2v) is 5.46. The molecule has 0 aromatic heterocycles. The molecule has 0 fully saturated rings. The molecule has 0 bridgehead atoms. The highest BCUT2D eigenvalue weighted by molar-refractivity contribution is 6.01. The predicted molar refractivity (Wildman–Crippen MR) is 97.3 cm³/mol. The van der Waals surface area contributed by atoms with Gasteiger partial charge in [0.25, 0.3) is 5.91 Å². The smallest absolute Gasteiger partial charge is 0.273 e. The summed E-state index contributed by atoms with van der Waals surface area (Å²) in [7, 11) is 1.48. The molecule has 2 N–H and O–H groups in total. The molecule has 2 amide bonds. The van der Waals surface area contributed by atoms with Crippen molar-refractivity contribution in [2.45, 2.75) is 20.0 Å². The highest BCUT2D eigenvalue weighted by atomic mass is 16.5. The second kappa shape index (κ2) is 8.75. The molecular formula is C19H21N3O3. The van der Waals surface area contributed by atoms with Gasteiger partial charge >= 0.3 is 0 Å². The van der Waals surface area contributed by atoms with Crippen LogP contribution in [0, 0.1) is 0 Å². The number of hydrogen-bond donors (Lipinski definition) is 2. The standard InChI is InChI=1S/C19H21N3O3/c1-13(16-10-7-11-17(12-16)20-14(2)23)21-22-19(24)18(25-3)15-8-5-4-6-9-15/h4-12,18H,1-3H3,(H,20,23)(H,22,24). The normalized spacial score (nSPS) is 12.4. The van der Waals surface area contributed by atoms with E-state index in [0.29, 0.717) is 11.4 Å². The molecule has 0 saturated carbocycles. The quantitative estimate of drug-likeness (QED) is 0.627. The Morgan fingerprint density at radius 2 is 1.76 bits per heavy atom. The number of benzene rings is 2. The Morgan fingerprint density at radius 3 is 2.40 bits per heavy atom. The number of carbonyl (C=O) groups excluding carboxylic acids is 2. The summed E-state index contributed by atoms with van der Waals surface area (Å²) in [4.78, 5) is 23.5. The van der Waals surface area contributed by atoms with Crippen LogP contribution in [0.2, 0.25) is 0 Å². The van der Waals surface area contributed by atoms with E-state index in [1.165, 1.54) is 14.0 Å². The lowest BCUT2D eigenvalue weighted by Crippen LogP contribution is -2.27. The molecule has 1 atom stereocenters. The Balaban J connectivity index is 2.09. The van der Waals surface area contributed by atoms with E-state index in [-0.39, 0.29) is 11.8 Å². The molecule has 0 heterocycles. The number of nitrogens with zero attached hydrogens (tertiary/aromatic N) is 1. The lowest BCUT2D eigenvalue weighted by Gasteiger charge is -2.14. The number of methoxy groups -OCH3 is 1. The van der Waals surface area contributed by atoms with Crippen molar-refractivity contribution in [3.05, 3.63) is 65.7 Å². The largest absolute Gasteiger partial charge is 0.367 e. The molecule has 1 unspecified atom stereocenters. The summed E-state index contributed by atoms with van der Waals surface area (Å²) in [6.07, 6.45) is -0.733. The molecule has 0 saturated heterocycles. The molecule has 2 rings (SSSR count). The van der Waals surface area contributed by atoms with E-state index in [2.05, 4.69) is 15.8 Å². The van der Waals surface area contributed by atoms with Crippen molar-refractivity contribution in [2.24, 2.45) is 5.10 Å². The van der Waals surface area contributed by atoms with Gasteiger partial charge in [0.2, 0.25) is 5.91 Å². The molecular weight excluding hydrogens is 318 g/mol. The van der Waals surface area contributed by atoms with Crippen molar-refractivity contribution in [3.63, 3.8) is 0 Å². The Hall–Kier alpha value is -2.99. The third-order valence-electron chi connectivity index (χ3n) is 3.51. The zero-order valence-electron chi connectivity index (χ0n) is 14.4. The molecule has 0 aliphatic carbocycles. The number of nitrogens with one attached hydrogen (secondary N) is 2. The van der Waals surface area contributed by atoms with Gasteiger partial charge in [-0.25, -0.2) is 5.43 Å². The summed E-state index contributed by atoms with van der Waals surface area (Å²) in [5.74, 6) is -0.503. The highest BCUT2D eigenvalue weighted by Crippen LogP contribution is 2.16. The zero-order chi connectivity index (χ0) is 18.2. The maximum Gasteiger partial charge on any atom is 0.273 e. The van der Waals surface area contributed by atoms with Gasteiger partial charge in [0.05, 0.1) is 5.71 Å². The fraction of sp³-hybridized carbons (Fsp3) is 0.211. The molecule has 2 aromatic carbocycles. The van der Waals surface area contributed by atoms with Crippen LogP contribution in [0.1, 0.15) is 31.1 Å². The average molecular weight is 339 g/mol. The van der Waals surface area contributed by atoms with Crippen LogP contribution in [-0.4, -0.2) is 24.6 Å². The van der Waals surface area contributed by atoms with Crippen molar-refractivity contribution in [1.29, 1.82) is 0 Å². The Labute approximate surface area is 146 Å². The Morgan fingerprint density at radius 1 is 1.04 bits per heavy atom. The van der Waals surface area contributed by atoms with E-state index >= 15 is 0 Å². The molecule has 25 heavy (non-hydrogen) atoms. The van der Waals surface area contributed by atoms with E-state index in [1.54, 1.807) is 19.1 Å². The van der Waals surface area contributed by atoms with E-state index in [0.717, 1.165) is 11.1 Å². The minimum Gasteiger partial charge on any atom is -0.367 e. The molecule has 0 radical (unpaired) electrons. The molecule has 130 valence electrons. The third-order valence-corrected chi connectivity index (χ3v) is 3.51. The van der Waals surface area contributed by atoms with E-state index in [9.17, 15) is 9.59 Å². The van der Waals surface area contributed by atoms with Crippen molar-refractivity contribution < 1.29 is 14.3 Å². The van der Waals surface area contributed by atoms with Gasteiger partial charge in [-0.05, 0) is 30.2 Å². The van der Waals surface area contributed by atoms with Crippen molar-refractivity contribution in [3.8, 4) is 0 Å². The average Bonchev–Trinajstić information content (AvgIpc) is 2.61. The number of amides is 2. The Kier molecular flexibility index (Phi) is 6.42. The summed E-state index contributed by atoms with van der Waals surface area (Å²) >= 11 is 0. The van der Waals surface area contributed by atoms with Crippen LogP contribution in [0.25, 0.3) is 0 Å². The SMILES string of the molecule is COC(C(=O)NN=C(C)c1cccc(NC(C)=O)c1)c1ccccc1. The van der Waals surface area contributed by atoms with Gasteiger partial charge in [0.1, 0.15) is 0 Å². The Bertz CT molecular complexity index is 772. The lowest BCUT2D eigenvalue weighted by molar-refractivity contribution is -0.131. The number of anilines is 1. The fourth-order valence-corrected chi connectivity index (χ4v) is 2.31. The minimum absolute atomic E-state index is 0.147. The molecule has 0 aliphatic rings. The number of ether oxygens (including phenoxy) is 1. The third kappa shape index (κ3) is 5.26. The van der Waals surface area contributed by atoms with Crippen LogP contribution in [-0.2, 0) is 14.3 Å². The number of carbonyl (C=O) groups is 2. The van der Waals surface area contributed by atoms with Crippen molar-refractivity contribution >= 4 is 23.2 Å². The van der Waals surface area contributed by atoms with E-state index in [1.807, 2.05) is 42.5 Å². The molecule has 6 nitrogen and oxygen atoms in total. The van der Waals surface area contributed by atoms with Gasteiger partial charge in [-0.3, -0.25) is 9.59 Å². The number of hydrazone groups is 1. The monoisotopic (exact) mass is 339 g/mol. The maximum atomic E-state index is 12.3. The summed E-state index contributed by atoms with van der Waals surface area (Å²) in [6, 6.07) is 16.4. The predicted octanol–water partition coefficient (Wildman–Crippen LogP) is 2.87. The van der Waals surface area contributed by atoms with Gasteiger partial charge in [-0.1, -0.05) is 42.5 Å². The van der Waals surface area contributed by atoms with Crippen LogP contribution < -0.4 is 10.7 Å². The summed E-state index contributed by atoms with van der Waals surface area (Å²) < 4.78 is 5.27. The van der Waals surface area contributed by atoms with Crippen LogP contribution in [0.3, 0.4) is 0 Å². The molecule has 0 spiro atoms. The van der Waals surface area contributed by atoms with Crippen LogP contribution in [0.4, 0.5) is 5.69 Å². The maximum absolute atomic E-state index is 12.3. The first-order valence-electron chi connectivity index (χ1n) is 7.81. The molecule has 6 heteroatoms. The van der Waals surface area contributed by atoms with Crippen LogP contribution in [0.5, 0.6) is 0 Å². The van der Waals surface area contributed by atoms with Crippen molar-refractivity contribution in [2.75, 3.05) is 12.4 Å². The second-order valence-electron chi connectivity index (χ2n) is 5.46. The fourth-order valence-electron chi connectivity index (χ4n) is 2.31. The molecule has 0 aliphatic heterocycles. The van der Waals surface area contributed by atoms with Crippen LogP contribution in [0.15, 0.2) is 59.7 Å². The minimum atomic E-state index is -0.733. The summed E-state index contributed by atoms with van der Waals surface area (Å²) in [5.41, 5.74) is 5.36. The van der Waals surface area contributed by atoms with Gasteiger partial charge in [-0.2, -0.15) is 5.10 Å². The van der Waals surface area contributed by atoms with Gasteiger partial charge < -0.3 is 10.1 Å². The van der Waals surface area contributed by atoms with E-state index in [4.69, 9.17) is 4.74 Å². The van der Waals surface area contributed by atoms with Gasteiger partial charge in [0, 0.05) is 19.7 Å². The summed E-state index contributed by atoms with van der Waals surface area (Å²) in [6.45, 7) is 3.22.